The molecular formula is C81H170N5O33S21Y10-15. The molecule has 69 heteroatoms. The maximum Gasteiger partial charge on any atom is 0.310 e. The Labute approximate surface area is 1240 Å². The van der Waals surface area contributed by atoms with Gasteiger partial charge in [-0.05, 0) is 46.6 Å². The smallest absolute Gasteiger partial charge is 0.310 e. The SMILES string of the molecule is CC.CC(=O)OC(C)=O.CC(C)=O.CC(N)=O.CC([NH-])=O.CCC(C)=O.CCC([NH-])=O.CO.CO.CO.CO.O.OCCCSSCO.[CH2-]S.[CH2-]SSCCO.[CH2-]SSCCOC(=O)CC.[CH2-]SSCCOC(=O)CC.[CH2-]SSCCOC(=O)CC.[CH2-]SSCCOC(=O)CC.[CH2-]SSCCOC(=O)CC.[CH2-]SSCCOC(=O)CC.[CH2-]SSCCOC(=O)CC.[CH2-]SSCCOC(C)=O.[CH3-].[N-]=C=O.[NH2-].[Y].[Y].[Y].[Y].[Y].[Y].[Y].[Y].[Y].[Y]. The minimum atomic E-state index is -0.583. The van der Waals surface area contributed by atoms with Crippen LogP contribution in [0.5, 0.6) is 0 Å². The summed E-state index contributed by atoms with van der Waals surface area (Å²) in [5.74, 6) is 5.17. The van der Waals surface area contributed by atoms with Crippen LogP contribution < -0.4 is 5.73 Å². The van der Waals surface area contributed by atoms with E-state index in [0.29, 0.717) is 117 Å². The van der Waals surface area contributed by atoms with Gasteiger partial charge >= 0.3 is 59.7 Å². The minimum absolute atomic E-state index is 0. The van der Waals surface area contributed by atoms with Crippen molar-refractivity contribution in [3.05, 3.63) is 93.0 Å². The van der Waals surface area contributed by atoms with E-state index in [9.17, 15) is 67.1 Å². The Morgan fingerprint density at radius 1 is 0.313 bits per heavy atom. The van der Waals surface area contributed by atoms with Crippen LogP contribution in [0.4, 0.5) is 0 Å². The first kappa shape index (κ1) is 263. The molecule has 0 bridgehead atoms. The molecule has 0 aromatic heterocycles. The van der Waals surface area contributed by atoms with Gasteiger partial charge in [0.2, 0.25) is 5.91 Å². The van der Waals surface area contributed by atoms with E-state index in [0.717, 1.165) is 92.4 Å². The fourth-order valence-electron chi connectivity index (χ4n) is 3.25. The van der Waals surface area contributed by atoms with Gasteiger partial charge in [-0.25, -0.2) is 0 Å². The number of nitrogens with two attached hydrogens (primary N) is 2. The van der Waals surface area contributed by atoms with Gasteiger partial charge in [0.15, 0.2) is 0 Å². The minimum Gasteiger partial charge on any atom is -0.724 e. The van der Waals surface area contributed by atoms with Crippen LogP contribution in [-0.4, -0.2) is 294 Å². The van der Waals surface area contributed by atoms with Crippen LogP contribution >= 0.6 is 229 Å². The van der Waals surface area contributed by atoms with E-state index in [2.05, 4.69) is 90.4 Å². The summed E-state index contributed by atoms with van der Waals surface area (Å²) in [5.41, 5.74) is 16.6. The van der Waals surface area contributed by atoms with Gasteiger partial charge in [0.1, 0.15) is 64.4 Å². The van der Waals surface area contributed by atoms with Gasteiger partial charge < -0.3 is 152 Å². The number of primary amides is 1. The Morgan fingerprint density at radius 2 is 0.453 bits per heavy atom. The molecule has 0 saturated heterocycles. The molecule has 0 aromatic rings. The number of Topliss-reactive ketones (excluding diaryl/α,β-unsaturated/α-hetero) is 2. The van der Waals surface area contributed by atoms with Crippen molar-refractivity contribution >= 4 is 324 Å². The number of ketones is 2. The van der Waals surface area contributed by atoms with E-state index >= 15 is 0 Å². The molecule has 0 rings (SSSR count). The van der Waals surface area contributed by atoms with E-state index in [1.807, 2.05) is 20.8 Å². The standard InChI is InChI=1S/7C6H11O2S2.C5H9O2S2.C4H6O3.C4H10O2S2.C4H8O.C3H7NO.C3H7OS2.C3H6O.2C2H5NO.C2H6.CNO.4CH4O.CH3S.CH3.H2N.H2O.10Y/c7*1-3-6(7)8-4-5-10-9-2;1-5(6)7-3-4-9-8-2;1-3(5)7-4(2)6;5-2-1-3-7-8-4-6;1-3-4(2)5;1-2-3(4)5;1-5-6-3-2-4;1-3(2)4;2*1-2(3)4;1-2;2-1-3;5*1-2;;;;;;;;;;;;;/h7*2-5H2,1H3;2-4H2,1H3;1-2H3;5-6H,1-4H2;3H2,1-2H3;2H2,1H3,(H2,4,5);4H,1-3H2;1-2H3;2*1H3,(H2,3,4);1-2H3;;4*2H,1H3;2H,1H2;1H3;2*1H2;;;;;;;;;;/q8*-1;;;;;-1;;;;;-1;;;;;3*-1;;;;;;;;;;;/p-2. The number of aliphatic hydroxyl groups excluding tert-OH is 7. The number of hydrogen-bond donors (Lipinski definition) is 9. The van der Waals surface area contributed by atoms with Gasteiger partial charge in [-0.15, -0.1) is 97.1 Å². The van der Waals surface area contributed by atoms with Gasteiger partial charge in [0, 0.05) is 511 Å². The third-order valence-corrected chi connectivity index (χ3v) is 23.6. The van der Waals surface area contributed by atoms with Crippen LogP contribution in [0.25, 0.3) is 23.0 Å². The summed E-state index contributed by atoms with van der Waals surface area (Å²) in [7, 11) is 34.2. The van der Waals surface area contributed by atoms with E-state index in [4.69, 9.17) is 95.4 Å². The number of hydrogen-bond acceptors (Lipinski definition) is 53. The topological polar surface area (TPSA) is 659 Å². The molecule has 10 radical (unpaired) electrons. The number of carbonyl (C=O) groups excluding carboxylic acids is 16. The van der Waals surface area contributed by atoms with Crippen LogP contribution in [0.2, 0.25) is 0 Å². The predicted molar refractivity (Wildman–Crippen MR) is 632 cm³/mol. The van der Waals surface area contributed by atoms with Crippen molar-refractivity contribution in [2.24, 2.45) is 5.73 Å². The summed E-state index contributed by atoms with van der Waals surface area (Å²) in [6.07, 6.45) is 40.4. The summed E-state index contributed by atoms with van der Waals surface area (Å²) in [5, 5.41) is 59.4. The van der Waals surface area contributed by atoms with Crippen LogP contribution in [0.15, 0.2) is 0 Å². The number of esters is 10. The number of carbonyl (C=O) groups is 15. The second kappa shape index (κ2) is 295. The number of amides is 3. The molecule has 0 fully saturated rings. The summed E-state index contributed by atoms with van der Waals surface area (Å²) in [6, 6.07) is 0. The molecule has 0 aromatic carbocycles. The number of aliphatic hydroxyl groups is 7. The molecule has 0 atom stereocenters. The van der Waals surface area contributed by atoms with Gasteiger partial charge in [0.05, 0.1) is 12.5 Å². The average Bonchev–Trinajstić information content (AvgIpc) is 1.10. The Bertz CT molecular complexity index is 2160. The molecule has 150 heavy (non-hydrogen) atoms. The maximum atomic E-state index is 10.5. The monoisotopic (exact) mass is 3300 g/mol. The molecule has 888 valence electrons. The van der Waals surface area contributed by atoms with Crippen LogP contribution in [0.3, 0.4) is 0 Å². The van der Waals surface area contributed by atoms with Crippen molar-refractivity contribution < 1.29 is 488 Å². The predicted octanol–water partition coefficient (Wildman–Crippen LogP) is 21.5. The number of isocyanates is 1. The van der Waals surface area contributed by atoms with Gasteiger partial charge in [-0.2, -0.15) is 0 Å². The second-order valence-corrected chi connectivity index (χ2v) is 42.0. The van der Waals surface area contributed by atoms with Gasteiger partial charge in [-0.3, -0.25) is 217 Å². The normalized spacial score (nSPS) is 7.47. The van der Waals surface area contributed by atoms with Crippen LogP contribution in [-0.2, 0) is 446 Å². The molecule has 0 unspecified atom stereocenters. The number of nitrogens with one attached hydrogen (secondary N) is 2. The van der Waals surface area contributed by atoms with Crippen molar-refractivity contribution in [2.75, 3.05) is 158 Å². The average molecular weight is 3300 g/mol. The van der Waals surface area contributed by atoms with Crippen molar-refractivity contribution in [1.29, 1.82) is 0 Å². The summed E-state index contributed by atoms with van der Waals surface area (Å²) in [6.45, 7) is 35.4. The quantitative estimate of drug-likeness (QED) is 0.00261. The Hall–Kier alpha value is 10.1. The van der Waals surface area contributed by atoms with Crippen LogP contribution in [0.1, 0.15) is 196 Å². The zero-order chi connectivity index (χ0) is 113. The number of rotatable bonds is 49. The molecule has 0 aliphatic carbocycles. The zero-order valence-electron chi connectivity index (χ0n) is 91.8. The summed E-state index contributed by atoms with van der Waals surface area (Å²) < 4.78 is 42.2. The van der Waals surface area contributed by atoms with Crippen molar-refractivity contribution in [3.8, 4) is 0 Å². The fourth-order valence-corrected chi connectivity index (χ4v) is 12.0. The second-order valence-electron chi connectivity index (χ2n) is 18.8. The first-order chi connectivity index (χ1) is 65.0. The molecular weight excluding hydrogens is 3130 g/mol. The molecule has 0 heterocycles. The van der Waals surface area contributed by atoms with E-state index in [-0.39, 0.29) is 431 Å². The first-order valence-electron chi connectivity index (χ1n) is 39.2. The summed E-state index contributed by atoms with van der Waals surface area (Å²) in [4.78, 5) is 159. The van der Waals surface area contributed by atoms with Crippen LogP contribution in [0, 0.1) is 70.0 Å². The van der Waals surface area contributed by atoms with E-state index < -0.39 is 23.8 Å². The largest absolute Gasteiger partial charge is 0.724 e. The van der Waals surface area contributed by atoms with Gasteiger partial charge in [0.25, 0.3) is 0 Å². The third-order valence-electron chi connectivity index (χ3n) is 8.05. The first-order valence-corrected chi connectivity index (χ1v) is 64.7. The number of thiol groups is 1. The molecule has 38 nitrogen and oxygen atoms in total. The van der Waals surface area contributed by atoms with Crippen molar-refractivity contribution in [2.45, 2.75) is 196 Å². The number of ether oxygens (including phenoxy) is 9. The Kier molecular flexibility index (Phi) is 517. The third kappa shape index (κ3) is 503. The molecule has 15 N–H and O–H groups in total. The van der Waals surface area contributed by atoms with Crippen molar-refractivity contribution in [1.82, 2.24) is 0 Å². The Morgan fingerprint density at radius 3 is 0.533 bits per heavy atom. The van der Waals surface area contributed by atoms with Gasteiger partial charge in [-0.1, -0.05) is 97.7 Å². The van der Waals surface area contributed by atoms with E-state index in [1.165, 1.54) is 156 Å². The molecule has 0 aliphatic rings. The molecule has 3 amide bonds. The summed E-state index contributed by atoms with van der Waals surface area (Å²) >= 11 is 3.28. The zero-order valence-corrected chi connectivity index (χ0v) is 137. The Balaban J connectivity index is -0.0000000269. The maximum absolute atomic E-state index is 10.5. The molecule has 0 saturated carbocycles. The fraction of sp³-hybridized carbons (Fsp3) is 0.667. The van der Waals surface area contributed by atoms with E-state index in [1.54, 1.807) is 170 Å². The molecule has 0 spiro atoms. The van der Waals surface area contributed by atoms with Crippen molar-refractivity contribution in [3.63, 3.8) is 0 Å². The molecule has 0 aliphatic heterocycles. The number of nitrogens with zero attached hydrogens (tertiary/aromatic N) is 1.